The van der Waals surface area contributed by atoms with E-state index in [1.54, 1.807) is 6.92 Å². The normalized spacial score (nSPS) is 12.2. The highest BCUT2D eigenvalue weighted by atomic mass is 16.6. The van der Waals surface area contributed by atoms with E-state index in [4.69, 9.17) is 10.8 Å². The second-order valence-electron chi connectivity index (χ2n) is 3.18. The van der Waals surface area contributed by atoms with Crippen molar-refractivity contribution in [3.63, 3.8) is 0 Å². The molecule has 0 aliphatic carbocycles. The molecule has 14 heavy (non-hydrogen) atoms. The molecule has 84 valence electrons. The SMILES string of the molecule is C[C@H](N)OC(=O)NCCCCCCO. The quantitative estimate of drug-likeness (QED) is 0.418. The van der Waals surface area contributed by atoms with E-state index in [1.807, 2.05) is 0 Å². The van der Waals surface area contributed by atoms with Gasteiger partial charge in [-0.2, -0.15) is 0 Å². The molecule has 0 spiro atoms. The first-order chi connectivity index (χ1) is 6.66. The zero-order chi connectivity index (χ0) is 10.8. The Bertz CT molecular complexity index is 151. The van der Waals surface area contributed by atoms with Gasteiger partial charge in [-0.15, -0.1) is 0 Å². The number of hydrogen-bond acceptors (Lipinski definition) is 4. The van der Waals surface area contributed by atoms with Gasteiger partial charge in [-0.1, -0.05) is 12.8 Å². The van der Waals surface area contributed by atoms with Crippen molar-refractivity contribution in [2.45, 2.75) is 38.8 Å². The van der Waals surface area contributed by atoms with Crippen molar-refractivity contribution in [2.24, 2.45) is 5.73 Å². The summed E-state index contributed by atoms with van der Waals surface area (Å²) in [5, 5.41) is 11.1. The average Bonchev–Trinajstić information content (AvgIpc) is 2.10. The van der Waals surface area contributed by atoms with Crippen molar-refractivity contribution in [3.05, 3.63) is 0 Å². The van der Waals surface area contributed by atoms with Crippen molar-refractivity contribution < 1.29 is 14.6 Å². The molecule has 0 saturated heterocycles. The predicted octanol–water partition coefficient (Wildman–Crippen LogP) is 0.570. The van der Waals surface area contributed by atoms with Gasteiger partial charge >= 0.3 is 6.09 Å². The summed E-state index contributed by atoms with van der Waals surface area (Å²) in [7, 11) is 0. The van der Waals surface area contributed by atoms with E-state index in [2.05, 4.69) is 10.1 Å². The minimum absolute atomic E-state index is 0.236. The van der Waals surface area contributed by atoms with Crippen LogP contribution in [0.3, 0.4) is 0 Å². The fourth-order valence-corrected chi connectivity index (χ4v) is 0.991. The Morgan fingerprint density at radius 2 is 2.07 bits per heavy atom. The van der Waals surface area contributed by atoms with Gasteiger partial charge in [0.2, 0.25) is 0 Å². The number of carbonyl (C=O) groups is 1. The lowest BCUT2D eigenvalue weighted by molar-refractivity contribution is 0.110. The van der Waals surface area contributed by atoms with Crippen LogP contribution in [-0.4, -0.2) is 30.6 Å². The molecule has 0 bridgehead atoms. The molecule has 0 fully saturated rings. The van der Waals surface area contributed by atoms with E-state index < -0.39 is 12.3 Å². The number of unbranched alkanes of at least 4 members (excludes halogenated alkanes) is 3. The summed E-state index contributed by atoms with van der Waals surface area (Å²) in [5.41, 5.74) is 5.25. The third-order valence-corrected chi connectivity index (χ3v) is 1.65. The Labute approximate surface area is 84.6 Å². The first kappa shape index (κ1) is 13.2. The molecular formula is C9H20N2O3. The predicted molar refractivity (Wildman–Crippen MR) is 53.7 cm³/mol. The smallest absolute Gasteiger partial charge is 0.408 e. The number of carbonyl (C=O) groups excluding carboxylic acids is 1. The van der Waals surface area contributed by atoms with Crippen LogP contribution in [0.5, 0.6) is 0 Å². The monoisotopic (exact) mass is 204 g/mol. The number of nitrogens with one attached hydrogen (secondary N) is 1. The molecule has 4 N–H and O–H groups in total. The van der Waals surface area contributed by atoms with Crippen molar-refractivity contribution in [3.8, 4) is 0 Å². The molecule has 0 unspecified atom stereocenters. The van der Waals surface area contributed by atoms with Crippen LogP contribution in [0.2, 0.25) is 0 Å². The van der Waals surface area contributed by atoms with Gasteiger partial charge in [-0.05, 0) is 19.8 Å². The van der Waals surface area contributed by atoms with Crippen LogP contribution in [-0.2, 0) is 4.74 Å². The Morgan fingerprint density at radius 3 is 2.64 bits per heavy atom. The van der Waals surface area contributed by atoms with Gasteiger partial charge in [0.25, 0.3) is 0 Å². The molecule has 5 heteroatoms. The molecule has 0 aromatic rings. The van der Waals surface area contributed by atoms with Crippen LogP contribution in [0.25, 0.3) is 0 Å². The fourth-order valence-electron chi connectivity index (χ4n) is 0.991. The van der Waals surface area contributed by atoms with E-state index in [0.29, 0.717) is 6.54 Å². The van der Waals surface area contributed by atoms with Crippen molar-refractivity contribution in [2.75, 3.05) is 13.2 Å². The van der Waals surface area contributed by atoms with Crippen LogP contribution in [0, 0.1) is 0 Å². The summed E-state index contributed by atoms with van der Waals surface area (Å²) in [6.07, 6.45) is 2.67. The summed E-state index contributed by atoms with van der Waals surface area (Å²) in [6.45, 7) is 2.43. The molecule has 0 aliphatic rings. The molecule has 1 atom stereocenters. The number of nitrogens with two attached hydrogens (primary N) is 1. The Hall–Kier alpha value is -0.810. The molecule has 1 amide bonds. The summed E-state index contributed by atoms with van der Waals surface area (Å²) in [4.78, 5) is 10.9. The number of ether oxygens (including phenoxy) is 1. The molecule has 0 aromatic heterocycles. The van der Waals surface area contributed by atoms with E-state index in [-0.39, 0.29) is 6.61 Å². The molecule has 0 aliphatic heterocycles. The summed E-state index contributed by atoms with van der Waals surface area (Å²) in [6, 6.07) is 0. The molecule has 5 nitrogen and oxygen atoms in total. The highest BCUT2D eigenvalue weighted by Gasteiger charge is 2.02. The first-order valence-corrected chi connectivity index (χ1v) is 4.97. The standard InChI is InChI=1S/C9H20N2O3/c1-8(10)14-9(13)11-6-4-2-3-5-7-12/h8,12H,2-7,10H2,1H3,(H,11,13)/t8-/m1/s1. The molecule has 0 aromatic carbocycles. The minimum Gasteiger partial charge on any atom is -0.431 e. The number of amides is 1. The molecular weight excluding hydrogens is 184 g/mol. The van der Waals surface area contributed by atoms with Crippen LogP contribution >= 0.6 is 0 Å². The van der Waals surface area contributed by atoms with Gasteiger partial charge < -0.3 is 15.2 Å². The van der Waals surface area contributed by atoms with Crippen LogP contribution in [0.4, 0.5) is 4.79 Å². The van der Waals surface area contributed by atoms with Gasteiger partial charge in [0, 0.05) is 13.2 Å². The number of aliphatic hydroxyl groups excluding tert-OH is 1. The van der Waals surface area contributed by atoms with E-state index >= 15 is 0 Å². The van der Waals surface area contributed by atoms with E-state index in [0.717, 1.165) is 25.7 Å². The number of aliphatic hydroxyl groups is 1. The largest absolute Gasteiger partial charge is 0.431 e. The number of alkyl carbamates (subject to hydrolysis) is 1. The molecule has 0 heterocycles. The van der Waals surface area contributed by atoms with Crippen LogP contribution in [0.15, 0.2) is 0 Å². The highest BCUT2D eigenvalue weighted by molar-refractivity contribution is 5.67. The van der Waals surface area contributed by atoms with Crippen LogP contribution < -0.4 is 11.1 Å². The zero-order valence-electron chi connectivity index (χ0n) is 8.66. The van der Waals surface area contributed by atoms with Gasteiger partial charge in [-0.3, -0.25) is 5.73 Å². The Balaban J connectivity index is 3.15. The lowest BCUT2D eigenvalue weighted by Crippen LogP contribution is -2.32. The second-order valence-corrected chi connectivity index (χ2v) is 3.18. The first-order valence-electron chi connectivity index (χ1n) is 4.97. The third kappa shape index (κ3) is 9.28. The lowest BCUT2D eigenvalue weighted by atomic mass is 10.2. The topological polar surface area (TPSA) is 84.6 Å². The molecule has 0 saturated carbocycles. The number of hydrogen-bond donors (Lipinski definition) is 3. The minimum atomic E-state index is -0.565. The molecule has 0 radical (unpaired) electrons. The van der Waals surface area contributed by atoms with Crippen molar-refractivity contribution >= 4 is 6.09 Å². The maximum atomic E-state index is 10.9. The van der Waals surface area contributed by atoms with Gasteiger partial charge in [0.15, 0.2) is 0 Å². The van der Waals surface area contributed by atoms with E-state index in [1.165, 1.54) is 0 Å². The average molecular weight is 204 g/mol. The van der Waals surface area contributed by atoms with E-state index in [9.17, 15) is 4.79 Å². The number of rotatable bonds is 7. The lowest BCUT2D eigenvalue weighted by Gasteiger charge is -2.08. The van der Waals surface area contributed by atoms with Gasteiger partial charge in [0.05, 0.1) is 0 Å². The van der Waals surface area contributed by atoms with Crippen molar-refractivity contribution in [1.82, 2.24) is 5.32 Å². The second kappa shape index (κ2) is 8.77. The maximum Gasteiger partial charge on any atom is 0.408 e. The maximum absolute atomic E-state index is 10.9. The fraction of sp³-hybridized carbons (Fsp3) is 0.889. The van der Waals surface area contributed by atoms with Gasteiger partial charge in [-0.25, -0.2) is 4.79 Å². The Morgan fingerprint density at radius 1 is 1.43 bits per heavy atom. The third-order valence-electron chi connectivity index (χ3n) is 1.65. The highest BCUT2D eigenvalue weighted by Crippen LogP contribution is 1.97. The summed E-state index contributed by atoms with van der Waals surface area (Å²) >= 11 is 0. The Kier molecular flexibility index (Phi) is 8.27. The summed E-state index contributed by atoms with van der Waals surface area (Å²) < 4.78 is 4.67. The summed E-state index contributed by atoms with van der Waals surface area (Å²) in [5.74, 6) is 0. The zero-order valence-corrected chi connectivity index (χ0v) is 8.66. The van der Waals surface area contributed by atoms with Crippen molar-refractivity contribution in [1.29, 1.82) is 0 Å². The molecule has 0 rings (SSSR count). The van der Waals surface area contributed by atoms with Crippen LogP contribution in [0.1, 0.15) is 32.6 Å². The van der Waals surface area contributed by atoms with Gasteiger partial charge in [0.1, 0.15) is 6.23 Å².